The summed E-state index contributed by atoms with van der Waals surface area (Å²) in [6.07, 6.45) is 0. The lowest BCUT2D eigenvalue weighted by Crippen LogP contribution is -2.15. The van der Waals surface area contributed by atoms with Crippen molar-refractivity contribution in [2.45, 2.75) is 6.92 Å². The number of nitrogens with one attached hydrogen (secondary N) is 1. The van der Waals surface area contributed by atoms with Gasteiger partial charge in [-0.2, -0.15) is 0 Å². The molecular formula is C12H9FN2O3S. The highest BCUT2D eigenvalue weighted by Crippen LogP contribution is 2.18. The van der Waals surface area contributed by atoms with Crippen molar-refractivity contribution >= 4 is 28.9 Å². The van der Waals surface area contributed by atoms with Gasteiger partial charge in [-0.05, 0) is 25.1 Å². The van der Waals surface area contributed by atoms with E-state index in [0.29, 0.717) is 0 Å². The molecule has 1 heterocycles. The number of hydrogen-bond donors (Lipinski definition) is 2. The van der Waals surface area contributed by atoms with E-state index in [9.17, 15) is 14.0 Å². The van der Waals surface area contributed by atoms with Crippen molar-refractivity contribution in [2.75, 3.05) is 5.32 Å². The van der Waals surface area contributed by atoms with E-state index >= 15 is 0 Å². The van der Waals surface area contributed by atoms with Crippen molar-refractivity contribution < 1.29 is 19.1 Å². The molecule has 98 valence electrons. The Morgan fingerprint density at radius 1 is 1.42 bits per heavy atom. The average Bonchev–Trinajstić information content (AvgIpc) is 2.78. The van der Waals surface area contributed by atoms with Gasteiger partial charge < -0.3 is 10.4 Å². The zero-order chi connectivity index (χ0) is 14.0. The minimum atomic E-state index is -1.32. The number of rotatable bonds is 3. The summed E-state index contributed by atoms with van der Waals surface area (Å²) in [5.74, 6) is -2.53. The third kappa shape index (κ3) is 2.94. The predicted molar refractivity (Wildman–Crippen MR) is 68.2 cm³/mol. The van der Waals surface area contributed by atoms with Crippen LogP contribution in [0.1, 0.15) is 25.9 Å². The number of nitrogens with zero attached hydrogens (tertiary/aromatic N) is 1. The van der Waals surface area contributed by atoms with Gasteiger partial charge in [0.1, 0.15) is 11.5 Å². The molecule has 1 aromatic carbocycles. The first-order valence-electron chi connectivity index (χ1n) is 5.23. The number of carbonyl (C=O) groups is 2. The molecule has 2 rings (SSSR count). The molecule has 0 saturated heterocycles. The van der Waals surface area contributed by atoms with Gasteiger partial charge in [-0.15, -0.1) is 11.3 Å². The van der Waals surface area contributed by atoms with Gasteiger partial charge in [-0.3, -0.25) is 4.79 Å². The first-order valence-corrected chi connectivity index (χ1v) is 6.11. The number of halogens is 1. The minimum absolute atomic E-state index is 0.0320. The number of aromatic nitrogens is 1. The average molecular weight is 280 g/mol. The largest absolute Gasteiger partial charge is 0.478 e. The summed E-state index contributed by atoms with van der Waals surface area (Å²) in [4.78, 5) is 26.8. The lowest BCUT2D eigenvalue weighted by molar-refractivity contribution is 0.0697. The Bertz CT molecular complexity index is 654. The van der Waals surface area contributed by atoms with Crippen molar-refractivity contribution in [3.8, 4) is 0 Å². The fourth-order valence-electron chi connectivity index (χ4n) is 1.46. The van der Waals surface area contributed by atoms with Gasteiger partial charge in [0.05, 0.1) is 16.3 Å². The summed E-state index contributed by atoms with van der Waals surface area (Å²) in [7, 11) is 0. The lowest BCUT2D eigenvalue weighted by atomic mass is 10.1. The van der Waals surface area contributed by atoms with Crippen molar-refractivity contribution in [1.82, 2.24) is 4.98 Å². The second-order valence-corrected chi connectivity index (χ2v) is 4.76. The summed E-state index contributed by atoms with van der Waals surface area (Å²) >= 11 is 1.31. The first-order chi connectivity index (χ1) is 8.97. The van der Waals surface area contributed by atoms with Gasteiger partial charge in [0.2, 0.25) is 0 Å². The van der Waals surface area contributed by atoms with Crippen molar-refractivity contribution in [3.05, 3.63) is 45.7 Å². The van der Waals surface area contributed by atoms with Crippen LogP contribution in [0, 0.1) is 12.7 Å². The highest BCUT2D eigenvalue weighted by atomic mass is 32.1. The molecule has 5 nitrogen and oxygen atoms in total. The molecular weight excluding hydrogens is 271 g/mol. The number of carbonyl (C=O) groups excluding carboxylic acids is 1. The maximum atomic E-state index is 13.0. The van der Waals surface area contributed by atoms with E-state index in [1.807, 2.05) is 0 Å². The van der Waals surface area contributed by atoms with Gasteiger partial charge in [0.25, 0.3) is 5.91 Å². The second kappa shape index (κ2) is 5.15. The van der Waals surface area contributed by atoms with Gasteiger partial charge in [0.15, 0.2) is 0 Å². The van der Waals surface area contributed by atoms with E-state index in [4.69, 9.17) is 5.11 Å². The van der Waals surface area contributed by atoms with Crippen LogP contribution in [0.2, 0.25) is 0 Å². The van der Waals surface area contributed by atoms with Crippen LogP contribution in [0.15, 0.2) is 23.6 Å². The monoisotopic (exact) mass is 280 g/mol. The van der Waals surface area contributed by atoms with E-state index in [0.717, 1.165) is 17.1 Å². The molecule has 1 amide bonds. The molecule has 0 saturated carbocycles. The quantitative estimate of drug-likeness (QED) is 0.905. The maximum absolute atomic E-state index is 13.0. The zero-order valence-corrected chi connectivity index (χ0v) is 10.6. The topological polar surface area (TPSA) is 79.3 Å². The molecule has 0 aliphatic carbocycles. The summed E-state index contributed by atoms with van der Waals surface area (Å²) in [6, 6.07) is 3.13. The molecule has 0 aliphatic heterocycles. The molecule has 0 aliphatic rings. The number of amides is 1. The van der Waals surface area contributed by atoms with Crippen LogP contribution in [-0.4, -0.2) is 22.0 Å². The Morgan fingerprint density at radius 2 is 2.16 bits per heavy atom. The maximum Gasteiger partial charge on any atom is 0.337 e. The Kier molecular flexibility index (Phi) is 3.57. The number of aromatic carboxylic acids is 1. The van der Waals surface area contributed by atoms with Gasteiger partial charge in [-0.25, -0.2) is 14.2 Å². The standard InChI is InChI=1S/C12H9FN2O3S/c1-6-14-10(5-19-6)11(16)15-9-3-2-7(13)4-8(9)12(17)18/h2-5H,1H3,(H,15,16)(H,17,18). The molecule has 0 unspecified atom stereocenters. The third-order valence-corrected chi connectivity index (χ3v) is 3.09. The van der Waals surface area contributed by atoms with Crippen LogP contribution in [-0.2, 0) is 0 Å². The SMILES string of the molecule is Cc1nc(C(=O)Nc2ccc(F)cc2C(=O)O)cs1. The number of thiazole rings is 1. The summed E-state index contributed by atoms with van der Waals surface area (Å²) in [5, 5.41) is 13.6. The fraction of sp³-hybridized carbons (Fsp3) is 0.0833. The molecule has 0 atom stereocenters. The molecule has 0 fully saturated rings. The molecule has 19 heavy (non-hydrogen) atoms. The normalized spacial score (nSPS) is 10.2. The Hall–Kier alpha value is -2.28. The lowest BCUT2D eigenvalue weighted by Gasteiger charge is -2.07. The molecule has 0 spiro atoms. The Morgan fingerprint density at radius 3 is 2.74 bits per heavy atom. The number of carboxylic acids is 1. The molecule has 7 heteroatoms. The number of hydrogen-bond acceptors (Lipinski definition) is 4. The highest BCUT2D eigenvalue weighted by Gasteiger charge is 2.15. The van der Waals surface area contributed by atoms with Crippen LogP contribution in [0.4, 0.5) is 10.1 Å². The predicted octanol–water partition coefficient (Wildman–Crippen LogP) is 2.54. The van der Waals surface area contributed by atoms with E-state index < -0.39 is 17.7 Å². The number of anilines is 1. The Labute approximate surface area is 111 Å². The van der Waals surface area contributed by atoms with Crippen LogP contribution in [0.25, 0.3) is 0 Å². The zero-order valence-electron chi connectivity index (χ0n) is 9.81. The molecule has 2 aromatic rings. The number of benzene rings is 1. The van der Waals surface area contributed by atoms with Crippen LogP contribution >= 0.6 is 11.3 Å². The minimum Gasteiger partial charge on any atom is -0.478 e. The smallest absolute Gasteiger partial charge is 0.337 e. The van der Waals surface area contributed by atoms with E-state index in [2.05, 4.69) is 10.3 Å². The third-order valence-electron chi connectivity index (χ3n) is 2.31. The van der Waals surface area contributed by atoms with Crippen LogP contribution in [0.5, 0.6) is 0 Å². The van der Waals surface area contributed by atoms with Crippen molar-refractivity contribution in [3.63, 3.8) is 0 Å². The van der Waals surface area contributed by atoms with Gasteiger partial charge in [0, 0.05) is 5.38 Å². The first kappa shape index (κ1) is 13.2. The van der Waals surface area contributed by atoms with E-state index in [-0.39, 0.29) is 16.9 Å². The number of aryl methyl sites for hydroxylation is 1. The molecule has 0 bridgehead atoms. The van der Waals surface area contributed by atoms with E-state index in [1.54, 1.807) is 12.3 Å². The molecule has 2 N–H and O–H groups in total. The summed E-state index contributed by atoms with van der Waals surface area (Å²) in [5.41, 5.74) is -0.0759. The molecule has 1 aromatic heterocycles. The van der Waals surface area contributed by atoms with Crippen LogP contribution in [0.3, 0.4) is 0 Å². The van der Waals surface area contributed by atoms with Gasteiger partial charge >= 0.3 is 5.97 Å². The van der Waals surface area contributed by atoms with Crippen molar-refractivity contribution in [1.29, 1.82) is 0 Å². The summed E-state index contributed by atoms with van der Waals surface area (Å²) < 4.78 is 13.0. The van der Waals surface area contributed by atoms with Crippen molar-refractivity contribution in [2.24, 2.45) is 0 Å². The fourth-order valence-corrected chi connectivity index (χ4v) is 2.05. The van der Waals surface area contributed by atoms with Crippen LogP contribution < -0.4 is 5.32 Å². The van der Waals surface area contributed by atoms with E-state index in [1.165, 1.54) is 17.4 Å². The second-order valence-electron chi connectivity index (χ2n) is 3.70. The van der Waals surface area contributed by atoms with Gasteiger partial charge in [-0.1, -0.05) is 0 Å². The summed E-state index contributed by atoms with van der Waals surface area (Å²) in [6.45, 7) is 1.75. The Balaban J connectivity index is 2.28. The number of carboxylic acid groups (broad SMARTS) is 1. The highest BCUT2D eigenvalue weighted by molar-refractivity contribution is 7.09. The molecule has 0 radical (unpaired) electrons.